The van der Waals surface area contributed by atoms with Crippen LogP contribution in [0.25, 0.3) is 0 Å². The van der Waals surface area contributed by atoms with Crippen LogP contribution in [0.15, 0.2) is 18.2 Å². The topological polar surface area (TPSA) is 38.0 Å². The van der Waals surface area contributed by atoms with Crippen LogP contribution in [-0.2, 0) is 0 Å². The third-order valence-electron chi connectivity index (χ3n) is 1.96. The molecule has 0 aliphatic carbocycles. The molecule has 0 bridgehead atoms. The zero-order valence-corrected chi connectivity index (χ0v) is 10.1. The summed E-state index contributed by atoms with van der Waals surface area (Å²) in [4.78, 5) is 0. The maximum atomic E-state index is 5.54. The monoisotopic (exact) mass is 290 g/mol. The second-order valence-electron chi connectivity index (χ2n) is 3.24. The van der Waals surface area contributed by atoms with Crippen LogP contribution in [0.1, 0.15) is 12.5 Å². The highest BCUT2D eigenvalue weighted by Gasteiger charge is 2.02. The number of anilines is 1. The van der Waals surface area contributed by atoms with Gasteiger partial charge in [-0.1, -0.05) is 6.07 Å². The van der Waals surface area contributed by atoms with Gasteiger partial charge in [-0.3, -0.25) is 0 Å². The average Bonchev–Trinajstić information content (AvgIpc) is 2.11. The minimum absolute atomic E-state index is 0.330. The first-order chi connectivity index (χ1) is 6.13. The molecular formula is C10H15IN2. The zero-order chi connectivity index (χ0) is 9.84. The highest BCUT2D eigenvalue weighted by Crippen LogP contribution is 2.18. The first-order valence-electron chi connectivity index (χ1n) is 4.36. The van der Waals surface area contributed by atoms with Gasteiger partial charge in [0, 0.05) is 21.8 Å². The smallest absolute Gasteiger partial charge is 0.0382 e. The summed E-state index contributed by atoms with van der Waals surface area (Å²) < 4.78 is 1.25. The standard InChI is InChI=1S/C10H15IN2/c1-7-3-4-9(11)5-10(7)13-8(2)6-12/h3-5,8,13H,6,12H2,1-2H3. The lowest BCUT2D eigenvalue weighted by molar-refractivity contribution is 0.803. The Morgan fingerprint density at radius 1 is 1.54 bits per heavy atom. The van der Waals surface area contributed by atoms with E-state index in [9.17, 15) is 0 Å². The van der Waals surface area contributed by atoms with Crippen LogP contribution < -0.4 is 11.1 Å². The number of nitrogens with one attached hydrogen (secondary N) is 1. The van der Waals surface area contributed by atoms with Crippen LogP contribution in [0.3, 0.4) is 0 Å². The molecule has 0 radical (unpaired) electrons. The Kier molecular flexibility index (Phi) is 3.99. The number of halogens is 1. The maximum absolute atomic E-state index is 5.54. The number of aryl methyl sites for hydroxylation is 1. The van der Waals surface area contributed by atoms with Gasteiger partial charge in [-0.2, -0.15) is 0 Å². The number of benzene rings is 1. The zero-order valence-electron chi connectivity index (χ0n) is 7.97. The second kappa shape index (κ2) is 4.81. The summed E-state index contributed by atoms with van der Waals surface area (Å²) in [6.45, 7) is 4.84. The molecule has 2 nitrogen and oxygen atoms in total. The first kappa shape index (κ1) is 10.8. The van der Waals surface area contributed by atoms with Gasteiger partial charge in [0.25, 0.3) is 0 Å². The van der Waals surface area contributed by atoms with Crippen molar-refractivity contribution in [2.75, 3.05) is 11.9 Å². The quantitative estimate of drug-likeness (QED) is 0.839. The molecule has 3 N–H and O–H groups in total. The molecule has 0 aliphatic heterocycles. The molecule has 1 aromatic rings. The SMILES string of the molecule is Cc1ccc(I)cc1NC(C)CN. The van der Waals surface area contributed by atoms with Gasteiger partial charge < -0.3 is 11.1 Å². The molecule has 0 fully saturated rings. The molecule has 72 valence electrons. The fourth-order valence-electron chi connectivity index (χ4n) is 1.07. The Morgan fingerprint density at radius 3 is 2.85 bits per heavy atom. The van der Waals surface area contributed by atoms with E-state index in [1.165, 1.54) is 14.8 Å². The van der Waals surface area contributed by atoms with E-state index in [4.69, 9.17) is 5.73 Å². The van der Waals surface area contributed by atoms with E-state index < -0.39 is 0 Å². The Balaban J connectivity index is 2.81. The van der Waals surface area contributed by atoms with E-state index in [-0.39, 0.29) is 0 Å². The van der Waals surface area contributed by atoms with Crippen molar-refractivity contribution in [1.82, 2.24) is 0 Å². The van der Waals surface area contributed by atoms with Crippen molar-refractivity contribution in [2.45, 2.75) is 19.9 Å². The van der Waals surface area contributed by atoms with Crippen molar-refractivity contribution < 1.29 is 0 Å². The Bertz CT molecular complexity index is 286. The van der Waals surface area contributed by atoms with Gasteiger partial charge in [0.2, 0.25) is 0 Å². The normalized spacial score (nSPS) is 12.6. The minimum Gasteiger partial charge on any atom is -0.381 e. The fourth-order valence-corrected chi connectivity index (χ4v) is 1.57. The van der Waals surface area contributed by atoms with E-state index in [0.29, 0.717) is 12.6 Å². The van der Waals surface area contributed by atoms with Crippen LogP contribution in [-0.4, -0.2) is 12.6 Å². The molecule has 0 amide bonds. The summed E-state index contributed by atoms with van der Waals surface area (Å²) in [5.74, 6) is 0. The molecule has 0 saturated carbocycles. The molecule has 1 aromatic carbocycles. The van der Waals surface area contributed by atoms with Crippen LogP contribution in [0, 0.1) is 10.5 Å². The van der Waals surface area contributed by atoms with Gasteiger partial charge in [0.05, 0.1) is 0 Å². The predicted octanol–water partition coefficient (Wildman–Crippen LogP) is 2.36. The molecule has 0 aromatic heterocycles. The minimum atomic E-state index is 0.330. The number of rotatable bonds is 3. The molecule has 1 rings (SSSR count). The molecule has 0 aliphatic rings. The van der Waals surface area contributed by atoms with Crippen molar-refractivity contribution in [3.05, 3.63) is 27.3 Å². The number of hydrogen-bond acceptors (Lipinski definition) is 2. The van der Waals surface area contributed by atoms with Gasteiger partial charge in [0.15, 0.2) is 0 Å². The number of hydrogen-bond donors (Lipinski definition) is 2. The summed E-state index contributed by atoms with van der Waals surface area (Å²) in [6, 6.07) is 6.70. The molecule has 0 heterocycles. The lowest BCUT2D eigenvalue weighted by Crippen LogP contribution is -2.25. The van der Waals surface area contributed by atoms with Crippen LogP contribution in [0.4, 0.5) is 5.69 Å². The van der Waals surface area contributed by atoms with Crippen LogP contribution in [0.5, 0.6) is 0 Å². The van der Waals surface area contributed by atoms with Gasteiger partial charge >= 0.3 is 0 Å². The van der Waals surface area contributed by atoms with Gasteiger partial charge in [0.1, 0.15) is 0 Å². The van der Waals surface area contributed by atoms with Gasteiger partial charge in [-0.05, 0) is 54.1 Å². The molecule has 0 spiro atoms. The van der Waals surface area contributed by atoms with Gasteiger partial charge in [-0.25, -0.2) is 0 Å². The van der Waals surface area contributed by atoms with Crippen molar-refractivity contribution >= 4 is 28.3 Å². The average molecular weight is 290 g/mol. The highest BCUT2D eigenvalue weighted by molar-refractivity contribution is 14.1. The van der Waals surface area contributed by atoms with E-state index in [1.807, 2.05) is 0 Å². The summed E-state index contributed by atoms with van der Waals surface area (Å²) >= 11 is 2.31. The summed E-state index contributed by atoms with van der Waals surface area (Å²) in [5.41, 5.74) is 7.99. The lowest BCUT2D eigenvalue weighted by atomic mass is 10.2. The third-order valence-corrected chi connectivity index (χ3v) is 2.63. The molecule has 1 unspecified atom stereocenters. The molecule has 13 heavy (non-hydrogen) atoms. The predicted molar refractivity (Wildman–Crippen MR) is 66.0 cm³/mol. The summed E-state index contributed by atoms with van der Waals surface area (Å²) in [5, 5.41) is 3.37. The van der Waals surface area contributed by atoms with Crippen molar-refractivity contribution in [2.24, 2.45) is 5.73 Å². The fraction of sp³-hybridized carbons (Fsp3) is 0.400. The van der Waals surface area contributed by atoms with Crippen LogP contribution in [0.2, 0.25) is 0 Å². The highest BCUT2D eigenvalue weighted by atomic mass is 127. The Morgan fingerprint density at radius 2 is 2.23 bits per heavy atom. The molecular weight excluding hydrogens is 275 g/mol. The second-order valence-corrected chi connectivity index (χ2v) is 4.49. The van der Waals surface area contributed by atoms with Crippen molar-refractivity contribution in [3.63, 3.8) is 0 Å². The molecule has 3 heteroatoms. The first-order valence-corrected chi connectivity index (χ1v) is 5.44. The third kappa shape index (κ3) is 3.15. The number of nitrogens with two attached hydrogens (primary N) is 1. The van der Waals surface area contributed by atoms with Crippen molar-refractivity contribution in [3.8, 4) is 0 Å². The maximum Gasteiger partial charge on any atom is 0.0382 e. The summed E-state index contributed by atoms with van der Waals surface area (Å²) in [7, 11) is 0. The van der Waals surface area contributed by atoms with E-state index in [0.717, 1.165) is 0 Å². The summed E-state index contributed by atoms with van der Waals surface area (Å²) in [6.07, 6.45) is 0. The van der Waals surface area contributed by atoms with E-state index in [2.05, 4.69) is 60.0 Å². The van der Waals surface area contributed by atoms with E-state index in [1.54, 1.807) is 0 Å². The lowest BCUT2D eigenvalue weighted by Gasteiger charge is -2.15. The van der Waals surface area contributed by atoms with Gasteiger partial charge in [-0.15, -0.1) is 0 Å². The Hall–Kier alpha value is -0.290. The Labute approximate surface area is 93.0 Å². The van der Waals surface area contributed by atoms with Crippen molar-refractivity contribution in [1.29, 1.82) is 0 Å². The van der Waals surface area contributed by atoms with E-state index >= 15 is 0 Å². The molecule has 0 saturated heterocycles. The van der Waals surface area contributed by atoms with Crippen LogP contribution >= 0.6 is 22.6 Å². The molecule has 1 atom stereocenters. The largest absolute Gasteiger partial charge is 0.381 e.